The van der Waals surface area contributed by atoms with Crippen molar-refractivity contribution in [1.29, 1.82) is 0 Å². The number of nitrogens with two attached hydrogens (primary N) is 1. The maximum absolute atomic E-state index is 12.2. The van der Waals surface area contributed by atoms with E-state index < -0.39 is 6.04 Å². The summed E-state index contributed by atoms with van der Waals surface area (Å²) in [7, 11) is 3.28. The average Bonchev–Trinajstić information content (AvgIpc) is 2.36. The molecule has 3 N–H and O–H groups in total. The van der Waals surface area contributed by atoms with Crippen molar-refractivity contribution in [3.05, 3.63) is 28.8 Å². The van der Waals surface area contributed by atoms with E-state index in [2.05, 4.69) is 5.32 Å². The zero-order chi connectivity index (χ0) is 16.4. The van der Waals surface area contributed by atoms with Gasteiger partial charge in [0.2, 0.25) is 5.91 Å². The molecule has 1 rings (SSSR count). The predicted molar refractivity (Wildman–Crippen MR) is 85.5 cm³/mol. The van der Waals surface area contributed by atoms with Gasteiger partial charge in [-0.1, -0.05) is 32.4 Å². The molecule has 1 atom stereocenters. The number of nitrogens with zero attached hydrogens (tertiary/aromatic N) is 1. The molecule has 6 heteroatoms. The van der Waals surface area contributed by atoms with E-state index in [1.165, 1.54) is 4.90 Å². The highest BCUT2D eigenvalue weighted by Gasteiger charge is 2.28. The van der Waals surface area contributed by atoms with Gasteiger partial charge in [0.1, 0.15) is 0 Å². The number of nitrogens with one attached hydrogen (secondary N) is 1. The molecule has 0 aliphatic carbocycles. The van der Waals surface area contributed by atoms with Gasteiger partial charge in [0.25, 0.3) is 5.91 Å². The first-order valence-electron chi connectivity index (χ1n) is 6.61. The third-order valence-electron chi connectivity index (χ3n) is 3.09. The van der Waals surface area contributed by atoms with Crippen LogP contribution in [0, 0.1) is 5.41 Å². The lowest BCUT2D eigenvalue weighted by atomic mass is 9.87. The van der Waals surface area contributed by atoms with Gasteiger partial charge in [-0.05, 0) is 23.6 Å². The van der Waals surface area contributed by atoms with Gasteiger partial charge in [0, 0.05) is 19.1 Å². The first-order chi connectivity index (χ1) is 9.54. The molecule has 21 heavy (non-hydrogen) atoms. The summed E-state index contributed by atoms with van der Waals surface area (Å²) in [6.07, 6.45) is 0. The van der Waals surface area contributed by atoms with Gasteiger partial charge in [-0.2, -0.15) is 0 Å². The van der Waals surface area contributed by atoms with Crippen molar-refractivity contribution in [1.82, 2.24) is 4.90 Å². The van der Waals surface area contributed by atoms with Gasteiger partial charge >= 0.3 is 0 Å². The number of rotatable bonds is 3. The molecule has 0 fully saturated rings. The van der Waals surface area contributed by atoms with Gasteiger partial charge in [-0.25, -0.2) is 0 Å². The largest absolute Gasteiger partial charge is 0.345 e. The smallest absolute Gasteiger partial charge is 0.255 e. The number of carbonyl (C=O) groups excluding carboxylic acids is 2. The molecule has 1 aromatic rings. The van der Waals surface area contributed by atoms with E-state index in [1.54, 1.807) is 32.3 Å². The fourth-order valence-corrected chi connectivity index (χ4v) is 1.82. The van der Waals surface area contributed by atoms with Crippen LogP contribution in [0.5, 0.6) is 0 Å². The second kappa shape index (κ2) is 6.45. The SMILES string of the molecule is CN(C)C(=O)c1ccc(Cl)cc1NC(=O)C(N)C(C)(C)C. The third-order valence-corrected chi connectivity index (χ3v) is 3.33. The van der Waals surface area contributed by atoms with Crippen LogP contribution in [0.2, 0.25) is 5.02 Å². The van der Waals surface area contributed by atoms with E-state index in [0.717, 1.165) is 0 Å². The van der Waals surface area contributed by atoms with E-state index in [-0.39, 0.29) is 17.2 Å². The van der Waals surface area contributed by atoms with E-state index in [1.807, 2.05) is 20.8 Å². The molecule has 0 bridgehead atoms. The van der Waals surface area contributed by atoms with Crippen LogP contribution in [-0.4, -0.2) is 36.9 Å². The quantitative estimate of drug-likeness (QED) is 0.899. The zero-order valence-electron chi connectivity index (χ0n) is 13.0. The summed E-state index contributed by atoms with van der Waals surface area (Å²) in [5.74, 6) is -0.566. The van der Waals surface area contributed by atoms with Gasteiger partial charge in [0.05, 0.1) is 17.3 Å². The first-order valence-corrected chi connectivity index (χ1v) is 6.99. The minimum atomic E-state index is -0.696. The van der Waals surface area contributed by atoms with Crippen molar-refractivity contribution in [3.8, 4) is 0 Å². The Labute approximate surface area is 130 Å². The molecule has 116 valence electrons. The molecule has 0 aliphatic heterocycles. The normalized spacial score (nSPS) is 12.7. The third kappa shape index (κ3) is 4.44. The summed E-state index contributed by atoms with van der Waals surface area (Å²) in [6.45, 7) is 5.63. The molecular weight excluding hydrogens is 290 g/mol. The van der Waals surface area contributed by atoms with Gasteiger partial charge < -0.3 is 16.0 Å². The highest BCUT2D eigenvalue weighted by atomic mass is 35.5. The first kappa shape index (κ1) is 17.5. The maximum Gasteiger partial charge on any atom is 0.255 e. The van der Waals surface area contributed by atoms with Crippen LogP contribution < -0.4 is 11.1 Å². The van der Waals surface area contributed by atoms with Crippen molar-refractivity contribution >= 4 is 29.1 Å². The van der Waals surface area contributed by atoms with E-state index in [4.69, 9.17) is 17.3 Å². The minimum Gasteiger partial charge on any atom is -0.345 e. The Bertz CT molecular complexity index is 550. The summed E-state index contributed by atoms with van der Waals surface area (Å²) in [6, 6.07) is 4.05. The van der Waals surface area contributed by atoms with Crippen LogP contribution in [0.4, 0.5) is 5.69 Å². The Kier molecular flexibility index (Phi) is 5.36. The minimum absolute atomic E-state index is 0.216. The van der Waals surface area contributed by atoms with Crippen LogP contribution in [0.25, 0.3) is 0 Å². The fraction of sp³-hybridized carbons (Fsp3) is 0.467. The van der Waals surface area contributed by atoms with Gasteiger partial charge in [-0.15, -0.1) is 0 Å². The van der Waals surface area contributed by atoms with E-state index >= 15 is 0 Å². The molecule has 0 spiro atoms. The molecule has 5 nitrogen and oxygen atoms in total. The number of hydrogen-bond acceptors (Lipinski definition) is 3. The molecule has 1 aromatic carbocycles. The zero-order valence-corrected chi connectivity index (χ0v) is 13.8. The van der Waals surface area contributed by atoms with E-state index in [0.29, 0.717) is 16.3 Å². The number of amides is 2. The Hall–Kier alpha value is -1.59. The Morgan fingerprint density at radius 2 is 1.86 bits per heavy atom. The molecule has 1 unspecified atom stereocenters. The van der Waals surface area contributed by atoms with Crippen molar-refractivity contribution < 1.29 is 9.59 Å². The summed E-state index contributed by atoms with van der Waals surface area (Å²) >= 11 is 5.95. The Balaban J connectivity index is 3.10. The topological polar surface area (TPSA) is 75.4 Å². The van der Waals surface area contributed by atoms with Crippen LogP contribution in [-0.2, 0) is 4.79 Å². The predicted octanol–water partition coefficient (Wildman–Crippen LogP) is 2.35. The highest BCUT2D eigenvalue weighted by molar-refractivity contribution is 6.31. The van der Waals surface area contributed by atoms with Crippen LogP contribution in [0.1, 0.15) is 31.1 Å². The van der Waals surface area contributed by atoms with Crippen molar-refractivity contribution in [3.63, 3.8) is 0 Å². The standard InChI is InChI=1S/C15H22ClN3O2/c1-15(2,3)12(17)13(20)18-11-8-9(16)6-7-10(11)14(21)19(4)5/h6-8,12H,17H2,1-5H3,(H,18,20). The number of benzene rings is 1. The summed E-state index contributed by atoms with van der Waals surface area (Å²) in [4.78, 5) is 25.8. The molecule has 0 saturated heterocycles. The second-order valence-electron chi connectivity index (χ2n) is 6.22. The molecule has 0 heterocycles. The fourth-order valence-electron chi connectivity index (χ4n) is 1.65. The number of anilines is 1. The Morgan fingerprint density at radius 1 is 1.29 bits per heavy atom. The van der Waals surface area contributed by atoms with Gasteiger partial charge in [-0.3, -0.25) is 9.59 Å². The maximum atomic E-state index is 12.2. The molecule has 0 aromatic heterocycles. The number of hydrogen-bond donors (Lipinski definition) is 2. The summed E-state index contributed by atoms with van der Waals surface area (Å²) < 4.78 is 0. The number of carbonyl (C=O) groups is 2. The molecule has 0 saturated carbocycles. The summed E-state index contributed by atoms with van der Waals surface area (Å²) in [5.41, 5.74) is 6.29. The van der Waals surface area contributed by atoms with Crippen LogP contribution in [0.15, 0.2) is 18.2 Å². The van der Waals surface area contributed by atoms with Gasteiger partial charge in [0.15, 0.2) is 0 Å². The molecular formula is C15H22ClN3O2. The summed E-state index contributed by atoms with van der Waals surface area (Å²) in [5, 5.41) is 3.13. The lowest BCUT2D eigenvalue weighted by molar-refractivity contribution is -0.119. The highest BCUT2D eigenvalue weighted by Crippen LogP contribution is 2.24. The number of halogens is 1. The average molecular weight is 312 g/mol. The van der Waals surface area contributed by atoms with Crippen LogP contribution in [0.3, 0.4) is 0 Å². The second-order valence-corrected chi connectivity index (χ2v) is 6.66. The van der Waals surface area contributed by atoms with Crippen molar-refractivity contribution in [2.75, 3.05) is 19.4 Å². The van der Waals surface area contributed by atoms with Crippen LogP contribution >= 0.6 is 11.6 Å². The molecule has 0 aliphatic rings. The van der Waals surface area contributed by atoms with Crippen molar-refractivity contribution in [2.45, 2.75) is 26.8 Å². The lowest BCUT2D eigenvalue weighted by Crippen LogP contribution is -2.45. The molecule has 2 amide bonds. The van der Waals surface area contributed by atoms with Crippen molar-refractivity contribution in [2.24, 2.45) is 11.1 Å². The lowest BCUT2D eigenvalue weighted by Gasteiger charge is -2.26. The Morgan fingerprint density at radius 3 is 2.33 bits per heavy atom. The molecule has 0 radical (unpaired) electrons. The monoisotopic (exact) mass is 311 g/mol. The van der Waals surface area contributed by atoms with E-state index in [9.17, 15) is 9.59 Å².